The largest absolute Gasteiger partial charge is 0.454 e. The number of ether oxygens (including phenoxy) is 3. The highest BCUT2D eigenvalue weighted by atomic mass is 16.7. The SMILES string of the molecule is CC(C)[C@H](c1nnnn1C(C)(C)C)N(Cc1cc2cc3c(cc2[nH]c1=O)OCO3)C[C@@H]1CCCO1. The molecule has 10 heteroatoms. The Hall–Kier alpha value is -2.98. The number of hydrogen-bond donors (Lipinski definition) is 1. The van der Waals surface area contributed by atoms with Crippen LogP contribution in [0.5, 0.6) is 11.5 Å². The van der Waals surface area contributed by atoms with Crippen molar-refractivity contribution in [3.63, 3.8) is 0 Å². The molecule has 1 N–H and O–H groups in total. The second-order valence-electron chi connectivity index (χ2n) is 10.8. The number of fused-ring (bicyclic) bond motifs is 2. The van der Waals surface area contributed by atoms with Crippen molar-refractivity contribution in [1.29, 1.82) is 0 Å². The summed E-state index contributed by atoms with van der Waals surface area (Å²) in [5.74, 6) is 2.34. The smallest absolute Gasteiger partial charge is 0.252 e. The molecular weight excluding hydrogens is 448 g/mol. The van der Waals surface area contributed by atoms with E-state index < -0.39 is 0 Å². The molecule has 2 aliphatic rings. The van der Waals surface area contributed by atoms with E-state index in [0.29, 0.717) is 30.2 Å². The van der Waals surface area contributed by atoms with Crippen molar-refractivity contribution in [3.05, 3.63) is 39.9 Å². The Bertz CT molecular complexity index is 1260. The van der Waals surface area contributed by atoms with E-state index in [1.165, 1.54) is 0 Å². The Kier molecular flexibility index (Phi) is 6.27. The van der Waals surface area contributed by atoms with Gasteiger partial charge in [-0.05, 0) is 62.1 Å². The summed E-state index contributed by atoms with van der Waals surface area (Å²) < 4.78 is 18.9. The van der Waals surface area contributed by atoms with Crippen LogP contribution in [-0.2, 0) is 16.8 Å². The summed E-state index contributed by atoms with van der Waals surface area (Å²) in [6, 6.07) is 5.59. The maximum Gasteiger partial charge on any atom is 0.252 e. The van der Waals surface area contributed by atoms with Gasteiger partial charge in [0.2, 0.25) is 6.79 Å². The van der Waals surface area contributed by atoms with Gasteiger partial charge in [0.1, 0.15) is 0 Å². The molecule has 188 valence electrons. The van der Waals surface area contributed by atoms with Crippen LogP contribution in [0.2, 0.25) is 0 Å². The highest BCUT2D eigenvalue weighted by Gasteiger charge is 2.34. The Morgan fingerprint density at radius 1 is 1.20 bits per heavy atom. The van der Waals surface area contributed by atoms with E-state index in [9.17, 15) is 4.79 Å². The van der Waals surface area contributed by atoms with Crippen molar-refractivity contribution in [2.24, 2.45) is 5.92 Å². The number of hydrogen-bond acceptors (Lipinski definition) is 8. The first-order valence-corrected chi connectivity index (χ1v) is 12.3. The Morgan fingerprint density at radius 3 is 2.66 bits per heavy atom. The van der Waals surface area contributed by atoms with E-state index in [1.54, 1.807) is 0 Å². The molecule has 35 heavy (non-hydrogen) atoms. The molecule has 0 amide bonds. The molecule has 3 aromatic rings. The fraction of sp³-hybridized carbons (Fsp3) is 0.600. The predicted octanol–water partition coefficient (Wildman–Crippen LogP) is 3.38. The summed E-state index contributed by atoms with van der Waals surface area (Å²) in [5, 5.41) is 13.7. The van der Waals surface area contributed by atoms with Crippen LogP contribution in [0.15, 0.2) is 23.0 Å². The maximum atomic E-state index is 13.2. The van der Waals surface area contributed by atoms with Crippen LogP contribution >= 0.6 is 0 Å². The van der Waals surface area contributed by atoms with Crippen molar-refractivity contribution in [3.8, 4) is 11.5 Å². The van der Waals surface area contributed by atoms with Gasteiger partial charge in [-0.1, -0.05) is 13.8 Å². The lowest BCUT2D eigenvalue weighted by molar-refractivity contribution is 0.0371. The number of rotatable bonds is 7. The third kappa shape index (κ3) is 4.77. The van der Waals surface area contributed by atoms with Gasteiger partial charge in [-0.3, -0.25) is 9.69 Å². The number of nitrogens with one attached hydrogen (secondary N) is 1. The van der Waals surface area contributed by atoms with Gasteiger partial charge in [-0.25, -0.2) is 4.68 Å². The molecule has 0 bridgehead atoms. The van der Waals surface area contributed by atoms with Gasteiger partial charge < -0.3 is 19.2 Å². The summed E-state index contributed by atoms with van der Waals surface area (Å²) in [6.07, 6.45) is 2.17. The Morgan fingerprint density at radius 2 is 1.97 bits per heavy atom. The van der Waals surface area contributed by atoms with Crippen LogP contribution in [0, 0.1) is 5.92 Å². The summed E-state index contributed by atoms with van der Waals surface area (Å²) >= 11 is 0. The molecule has 1 saturated heterocycles. The van der Waals surface area contributed by atoms with Gasteiger partial charge in [0.25, 0.3) is 5.56 Å². The summed E-state index contributed by atoms with van der Waals surface area (Å²) in [4.78, 5) is 18.5. The second-order valence-corrected chi connectivity index (χ2v) is 10.8. The molecule has 10 nitrogen and oxygen atoms in total. The molecule has 1 aromatic carbocycles. The van der Waals surface area contributed by atoms with E-state index in [2.05, 4.69) is 60.0 Å². The number of H-pyrrole nitrogens is 1. The standard InChI is InChI=1S/C25H34N6O4/c1-15(2)22(23-27-28-29-31(23)25(3,4)5)30(13-18-7-6-8-33-18)12-17-9-16-10-20-21(35-14-34-20)11-19(16)26-24(17)32/h9-11,15,18,22H,6-8,12-14H2,1-5H3,(H,26,32)/t18-,22+/m0/s1. The summed E-state index contributed by atoms with van der Waals surface area (Å²) in [6.45, 7) is 12.7. The van der Waals surface area contributed by atoms with E-state index >= 15 is 0 Å². The van der Waals surface area contributed by atoms with Crippen LogP contribution in [0.3, 0.4) is 0 Å². The highest BCUT2D eigenvalue weighted by Crippen LogP contribution is 2.36. The molecule has 0 saturated carbocycles. The van der Waals surface area contributed by atoms with Crippen molar-refractivity contribution in [2.45, 2.75) is 71.7 Å². The number of benzene rings is 1. The third-order valence-corrected chi connectivity index (χ3v) is 6.67. The highest BCUT2D eigenvalue weighted by molar-refractivity contribution is 5.83. The molecular formula is C25H34N6O4. The summed E-state index contributed by atoms with van der Waals surface area (Å²) in [5.41, 5.74) is 1.01. The van der Waals surface area contributed by atoms with Crippen molar-refractivity contribution >= 4 is 10.9 Å². The van der Waals surface area contributed by atoms with Crippen LogP contribution in [0.4, 0.5) is 0 Å². The van der Waals surface area contributed by atoms with Crippen molar-refractivity contribution < 1.29 is 14.2 Å². The van der Waals surface area contributed by atoms with Crippen LogP contribution < -0.4 is 15.0 Å². The maximum absolute atomic E-state index is 13.2. The molecule has 2 atom stereocenters. The zero-order valence-corrected chi connectivity index (χ0v) is 21.1. The Balaban J connectivity index is 1.54. The van der Waals surface area contributed by atoms with Gasteiger partial charge in [-0.2, -0.15) is 0 Å². The van der Waals surface area contributed by atoms with Gasteiger partial charge in [0.15, 0.2) is 17.3 Å². The normalized spacial score (nSPS) is 18.8. The zero-order chi connectivity index (χ0) is 24.7. The fourth-order valence-electron chi connectivity index (χ4n) is 5.04. The van der Waals surface area contributed by atoms with Gasteiger partial charge >= 0.3 is 0 Å². The average Bonchev–Trinajstić information content (AvgIpc) is 3.54. The molecule has 0 radical (unpaired) electrons. The first kappa shape index (κ1) is 23.7. The van der Waals surface area contributed by atoms with Crippen LogP contribution in [0.25, 0.3) is 10.9 Å². The minimum absolute atomic E-state index is 0.0970. The number of pyridine rings is 1. The number of aromatic amines is 1. The quantitative estimate of drug-likeness (QED) is 0.546. The minimum atomic E-state index is -0.273. The van der Waals surface area contributed by atoms with Crippen LogP contribution in [-0.4, -0.2) is 56.1 Å². The summed E-state index contributed by atoms with van der Waals surface area (Å²) in [7, 11) is 0. The van der Waals surface area contributed by atoms with E-state index in [1.807, 2.05) is 22.9 Å². The minimum Gasteiger partial charge on any atom is -0.454 e. The Labute approximate surface area is 204 Å². The van der Waals surface area contributed by atoms with E-state index in [0.717, 1.165) is 36.2 Å². The molecule has 0 spiro atoms. The molecule has 0 aliphatic carbocycles. The monoisotopic (exact) mass is 482 g/mol. The predicted molar refractivity (Wildman–Crippen MR) is 130 cm³/mol. The first-order chi connectivity index (χ1) is 16.7. The van der Waals surface area contributed by atoms with Gasteiger partial charge in [0.05, 0.1) is 23.2 Å². The zero-order valence-electron chi connectivity index (χ0n) is 21.1. The molecule has 2 aliphatic heterocycles. The van der Waals surface area contributed by atoms with Crippen molar-refractivity contribution in [2.75, 3.05) is 19.9 Å². The molecule has 1 fully saturated rings. The van der Waals surface area contributed by atoms with Gasteiger partial charge in [-0.15, -0.1) is 5.10 Å². The number of nitrogens with zero attached hydrogens (tertiary/aromatic N) is 5. The molecule has 5 rings (SSSR count). The topological polar surface area (TPSA) is 107 Å². The van der Waals surface area contributed by atoms with E-state index in [-0.39, 0.29) is 36.0 Å². The van der Waals surface area contributed by atoms with E-state index in [4.69, 9.17) is 14.2 Å². The lowest BCUT2D eigenvalue weighted by Gasteiger charge is -2.36. The first-order valence-electron chi connectivity index (χ1n) is 12.3. The third-order valence-electron chi connectivity index (χ3n) is 6.67. The van der Waals surface area contributed by atoms with Crippen LogP contribution in [0.1, 0.15) is 64.9 Å². The van der Waals surface area contributed by atoms with Gasteiger partial charge in [0, 0.05) is 36.7 Å². The molecule has 2 aromatic heterocycles. The molecule has 4 heterocycles. The number of tetrazole rings is 1. The lowest BCUT2D eigenvalue weighted by atomic mass is 9.98. The van der Waals surface area contributed by atoms with Crippen molar-refractivity contribution in [1.82, 2.24) is 30.1 Å². The lowest BCUT2D eigenvalue weighted by Crippen LogP contribution is -2.41. The second kappa shape index (κ2) is 9.23. The molecule has 0 unspecified atom stereocenters. The fourth-order valence-corrected chi connectivity index (χ4v) is 5.04. The average molecular weight is 483 g/mol. The number of aromatic nitrogens is 5.